The number of nitrogens with one attached hydrogen (secondary N) is 1. The third-order valence-corrected chi connectivity index (χ3v) is 4.21. The number of hydrogen-bond acceptors (Lipinski definition) is 3. The van der Waals surface area contributed by atoms with Crippen molar-refractivity contribution in [1.29, 1.82) is 0 Å². The van der Waals surface area contributed by atoms with Gasteiger partial charge in [-0.2, -0.15) is 0 Å². The molecule has 1 aromatic rings. The van der Waals surface area contributed by atoms with Crippen molar-refractivity contribution < 1.29 is 13.5 Å². The summed E-state index contributed by atoms with van der Waals surface area (Å²) in [7, 11) is -3.52. The van der Waals surface area contributed by atoms with E-state index in [9.17, 15) is 8.42 Å². The van der Waals surface area contributed by atoms with Crippen LogP contribution in [0, 0.1) is 0 Å². The summed E-state index contributed by atoms with van der Waals surface area (Å²) >= 11 is 0. The van der Waals surface area contributed by atoms with Gasteiger partial charge in [0.15, 0.2) is 0 Å². The van der Waals surface area contributed by atoms with E-state index in [1.54, 1.807) is 24.3 Å². The minimum atomic E-state index is -3.52. The molecule has 0 spiro atoms. The summed E-state index contributed by atoms with van der Waals surface area (Å²) in [6, 6.07) is 6.35. The molecule has 0 saturated carbocycles. The number of aryl methyl sites for hydroxylation is 1. The first-order valence-electron chi connectivity index (χ1n) is 5.75. The zero-order chi connectivity index (χ0) is 12.9. The number of rotatable bonds is 6. The molecule has 96 valence electrons. The van der Waals surface area contributed by atoms with Crippen molar-refractivity contribution in [2.24, 2.45) is 0 Å². The van der Waals surface area contributed by atoms with Crippen LogP contribution >= 0.6 is 0 Å². The van der Waals surface area contributed by atoms with Crippen molar-refractivity contribution >= 4 is 10.0 Å². The third-order valence-electron chi connectivity index (χ3n) is 2.68. The lowest BCUT2D eigenvalue weighted by molar-refractivity contribution is 0.254. The number of aliphatic hydroxyl groups is 1. The molecule has 0 aliphatic carbocycles. The van der Waals surface area contributed by atoms with Gasteiger partial charge in [-0.1, -0.05) is 26.0 Å². The Morgan fingerprint density at radius 2 is 1.82 bits per heavy atom. The topological polar surface area (TPSA) is 66.4 Å². The number of sulfonamides is 1. The van der Waals surface area contributed by atoms with Gasteiger partial charge in [0, 0.05) is 6.04 Å². The Morgan fingerprint density at radius 3 is 2.24 bits per heavy atom. The van der Waals surface area contributed by atoms with E-state index in [1.807, 2.05) is 13.8 Å². The van der Waals surface area contributed by atoms with Crippen molar-refractivity contribution in [1.82, 2.24) is 4.72 Å². The summed E-state index contributed by atoms with van der Waals surface area (Å²) in [6.07, 6.45) is 1.44. The van der Waals surface area contributed by atoms with Crippen LogP contribution in [0.2, 0.25) is 0 Å². The molecule has 1 aromatic carbocycles. The number of benzene rings is 1. The molecule has 0 aromatic heterocycles. The van der Waals surface area contributed by atoms with Crippen LogP contribution in [0.3, 0.4) is 0 Å². The van der Waals surface area contributed by atoms with E-state index in [4.69, 9.17) is 5.11 Å². The van der Waals surface area contributed by atoms with Gasteiger partial charge in [0.2, 0.25) is 10.0 Å². The highest BCUT2D eigenvalue weighted by atomic mass is 32.2. The van der Waals surface area contributed by atoms with E-state index in [0.29, 0.717) is 6.42 Å². The first-order chi connectivity index (χ1) is 8.03. The highest BCUT2D eigenvalue weighted by Gasteiger charge is 2.18. The maximum atomic E-state index is 11.9. The Morgan fingerprint density at radius 1 is 1.24 bits per heavy atom. The van der Waals surface area contributed by atoms with E-state index in [-0.39, 0.29) is 11.5 Å². The van der Waals surface area contributed by atoms with Crippen LogP contribution in [-0.2, 0) is 16.4 Å². The molecule has 0 saturated heterocycles. The van der Waals surface area contributed by atoms with Gasteiger partial charge in [-0.25, -0.2) is 13.1 Å². The average molecular weight is 257 g/mol. The smallest absolute Gasteiger partial charge is 0.240 e. The second kappa shape index (κ2) is 6.14. The molecule has 5 heteroatoms. The van der Waals surface area contributed by atoms with E-state index < -0.39 is 16.1 Å². The van der Waals surface area contributed by atoms with E-state index in [1.165, 1.54) is 0 Å². The normalized spacial score (nSPS) is 13.6. The Labute approximate surface area is 103 Å². The molecule has 1 rings (SSSR count). The Balaban J connectivity index is 2.89. The molecular weight excluding hydrogens is 238 g/mol. The van der Waals surface area contributed by atoms with Crippen molar-refractivity contribution in [3.05, 3.63) is 29.8 Å². The van der Waals surface area contributed by atoms with Crippen LogP contribution in [0.5, 0.6) is 0 Å². The van der Waals surface area contributed by atoms with Gasteiger partial charge in [0.1, 0.15) is 0 Å². The van der Waals surface area contributed by atoms with Crippen molar-refractivity contribution in [3.8, 4) is 0 Å². The fourth-order valence-corrected chi connectivity index (χ4v) is 2.75. The fraction of sp³-hybridized carbons (Fsp3) is 0.500. The SMILES string of the molecule is CCc1ccc(S(=O)(=O)N[C@@H](CC)CO)cc1. The number of aliphatic hydroxyl groups excluding tert-OH is 1. The highest BCUT2D eigenvalue weighted by Crippen LogP contribution is 2.11. The monoisotopic (exact) mass is 257 g/mol. The van der Waals surface area contributed by atoms with Gasteiger partial charge in [0.05, 0.1) is 11.5 Å². The quantitative estimate of drug-likeness (QED) is 0.807. The summed E-state index contributed by atoms with van der Waals surface area (Å²) in [4.78, 5) is 0.238. The second-order valence-corrected chi connectivity index (χ2v) is 5.62. The van der Waals surface area contributed by atoms with Crippen molar-refractivity contribution in [3.63, 3.8) is 0 Å². The first kappa shape index (κ1) is 14.2. The van der Waals surface area contributed by atoms with Gasteiger partial charge in [-0.15, -0.1) is 0 Å². The molecule has 0 bridgehead atoms. The molecule has 0 radical (unpaired) electrons. The molecule has 0 fully saturated rings. The Hall–Kier alpha value is -0.910. The summed E-state index contributed by atoms with van der Waals surface area (Å²) in [6.45, 7) is 3.65. The summed E-state index contributed by atoms with van der Waals surface area (Å²) < 4.78 is 26.3. The predicted octanol–water partition coefficient (Wildman–Crippen LogP) is 1.30. The lowest BCUT2D eigenvalue weighted by Gasteiger charge is -2.14. The summed E-state index contributed by atoms with van der Waals surface area (Å²) in [5.74, 6) is 0. The molecule has 17 heavy (non-hydrogen) atoms. The average Bonchev–Trinajstić information content (AvgIpc) is 2.36. The van der Waals surface area contributed by atoms with Gasteiger partial charge < -0.3 is 5.11 Å². The van der Waals surface area contributed by atoms with E-state index >= 15 is 0 Å². The molecule has 0 heterocycles. The molecule has 1 atom stereocenters. The molecular formula is C12H19NO3S. The van der Waals surface area contributed by atoms with Crippen LogP contribution < -0.4 is 4.72 Å². The molecule has 0 amide bonds. The van der Waals surface area contributed by atoms with Crippen LogP contribution in [0.15, 0.2) is 29.2 Å². The lowest BCUT2D eigenvalue weighted by atomic mass is 10.2. The van der Waals surface area contributed by atoms with Gasteiger partial charge in [0.25, 0.3) is 0 Å². The third kappa shape index (κ3) is 3.80. The molecule has 0 aliphatic rings. The zero-order valence-corrected chi connectivity index (χ0v) is 11.0. The van der Waals surface area contributed by atoms with Gasteiger partial charge in [-0.3, -0.25) is 0 Å². The fourth-order valence-electron chi connectivity index (χ4n) is 1.44. The molecule has 2 N–H and O–H groups in total. The predicted molar refractivity (Wildman–Crippen MR) is 67.3 cm³/mol. The summed E-state index contributed by atoms with van der Waals surface area (Å²) in [5.41, 5.74) is 1.10. The van der Waals surface area contributed by atoms with Crippen LogP contribution in [0.25, 0.3) is 0 Å². The van der Waals surface area contributed by atoms with Crippen LogP contribution in [0.1, 0.15) is 25.8 Å². The Kier molecular flexibility index (Phi) is 5.11. The van der Waals surface area contributed by atoms with E-state index in [0.717, 1.165) is 12.0 Å². The minimum absolute atomic E-state index is 0.192. The standard InChI is InChI=1S/C12H19NO3S/c1-3-10-5-7-12(8-6-10)17(15,16)13-11(4-2)9-14/h5-8,11,13-14H,3-4,9H2,1-2H3/t11-/m0/s1. The van der Waals surface area contributed by atoms with Gasteiger partial charge in [-0.05, 0) is 30.5 Å². The second-order valence-electron chi connectivity index (χ2n) is 3.91. The maximum Gasteiger partial charge on any atom is 0.240 e. The molecule has 0 unspecified atom stereocenters. The number of hydrogen-bond donors (Lipinski definition) is 2. The summed E-state index contributed by atoms with van der Waals surface area (Å²) in [5, 5.41) is 8.99. The van der Waals surface area contributed by atoms with E-state index in [2.05, 4.69) is 4.72 Å². The minimum Gasteiger partial charge on any atom is -0.395 e. The molecule has 0 aliphatic heterocycles. The van der Waals surface area contributed by atoms with Crippen molar-refractivity contribution in [2.75, 3.05) is 6.61 Å². The van der Waals surface area contributed by atoms with Crippen LogP contribution in [0.4, 0.5) is 0 Å². The first-order valence-corrected chi connectivity index (χ1v) is 7.24. The Bertz CT molecular complexity index is 435. The van der Waals surface area contributed by atoms with Gasteiger partial charge >= 0.3 is 0 Å². The zero-order valence-electron chi connectivity index (χ0n) is 10.2. The van der Waals surface area contributed by atoms with Crippen LogP contribution in [-0.4, -0.2) is 26.2 Å². The maximum absolute atomic E-state index is 11.9. The lowest BCUT2D eigenvalue weighted by Crippen LogP contribution is -2.36. The highest BCUT2D eigenvalue weighted by molar-refractivity contribution is 7.89. The largest absolute Gasteiger partial charge is 0.395 e. The van der Waals surface area contributed by atoms with Crippen molar-refractivity contribution in [2.45, 2.75) is 37.6 Å². The molecule has 4 nitrogen and oxygen atoms in total.